The van der Waals surface area contributed by atoms with Crippen molar-refractivity contribution < 1.29 is 14.1 Å². The average molecular weight is 356 g/mol. The Morgan fingerprint density at radius 3 is 2.64 bits per heavy atom. The van der Waals surface area contributed by atoms with Crippen molar-refractivity contribution in [1.82, 2.24) is 10.2 Å². The molecule has 3 rings (SSSR count). The van der Waals surface area contributed by atoms with E-state index < -0.39 is 10.8 Å². The number of carbonyl (C=O) groups excluding carboxylic acids is 1. The van der Waals surface area contributed by atoms with Crippen LogP contribution in [0.4, 0.5) is 11.7 Å². The van der Waals surface area contributed by atoms with E-state index in [9.17, 15) is 14.9 Å². The zero-order valence-electron chi connectivity index (χ0n) is 13.0. The number of aromatic nitrogens is 2. The number of hydrogen-bond donors (Lipinski definition) is 1. The SMILES string of the molecule is CSc1cccc(-c2nnc(NC(=O)c3ccc([N+](=O)[O-])cc3)o2)c1. The summed E-state index contributed by atoms with van der Waals surface area (Å²) < 4.78 is 5.45. The molecule has 0 aliphatic carbocycles. The summed E-state index contributed by atoms with van der Waals surface area (Å²) in [6.45, 7) is 0. The largest absolute Gasteiger partial charge is 0.403 e. The number of carbonyl (C=O) groups is 1. The first-order chi connectivity index (χ1) is 12.1. The van der Waals surface area contributed by atoms with Crippen molar-refractivity contribution in [3.05, 3.63) is 64.2 Å². The van der Waals surface area contributed by atoms with Gasteiger partial charge in [0.25, 0.3) is 11.6 Å². The number of non-ortho nitro benzene ring substituents is 1. The summed E-state index contributed by atoms with van der Waals surface area (Å²) in [6, 6.07) is 12.7. The molecule has 0 atom stereocenters. The van der Waals surface area contributed by atoms with Crippen molar-refractivity contribution in [3.63, 3.8) is 0 Å². The molecule has 126 valence electrons. The Morgan fingerprint density at radius 2 is 1.96 bits per heavy atom. The van der Waals surface area contributed by atoms with E-state index in [0.29, 0.717) is 0 Å². The summed E-state index contributed by atoms with van der Waals surface area (Å²) in [5.74, 6) is -0.210. The van der Waals surface area contributed by atoms with Crippen molar-refractivity contribution in [2.75, 3.05) is 11.6 Å². The van der Waals surface area contributed by atoms with E-state index in [-0.39, 0.29) is 23.2 Å². The highest BCUT2D eigenvalue weighted by Gasteiger charge is 2.14. The minimum Gasteiger partial charge on any atom is -0.403 e. The minimum atomic E-state index is -0.533. The number of nitrogens with zero attached hydrogens (tertiary/aromatic N) is 3. The van der Waals surface area contributed by atoms with Crippen LogP contribution in [-0.4, -0.2) is 27.3 Å². The first-order valence-corrected chi connectivity index (χ1v) is 8.33. The maximum Gasteiger partial charge on any atom is 0.322 e. The molecule has 0 saturated heterocycles. The standard InChI is InChI=1S/C16H12N4O4S/c1-25-13-4-2-3-11(9-13)15-18-19-16(24-15)17-14(21)10-5-7-12(8-6-10)20(22)23/h2-9H,1H3,(H,17,19,21). The molecule has 0 aliphatic rings. The summed E-state index contributed by atoms with van der Waals surface area (Å²) in [4.78, 5) is 23.3. The van der Waals surface area contributed by atoms with Crippen LogP contribution in [0.25, 0.3) is 11.5 Å². The summed E-state index contributed by atoms with van der Waals surface area (Å²) in [6.07, 6.45) is 1.96. The molecule has 0 fully saturated rings. The molecular weight excluding hydrogens is 344 g/mol. The Kier molecular flexibility index (Phi) is 4.75. The zero-order chi connectivity index (χ0) is 17.8. The van der Waals surface area contributed by atoms with E-state index in [1.807, 2.05) is 30.5 Å². The van der Waals surface area contributed by atoms with Crippen molar-refractivity contribution in [3.8, 4) is 11.5 Å². The molecule has 1 N–H and O–H groups in total. The zero-order valence-corrected chi connectivity index (χ0v) is 13.8. The van der Waals surface area contributed by atoms with Crippen LogP contribution in [0.1, 0.15) is 10.4 Å². The molecule has 0 bridgehead atoms. The lowest BCUT2D eigenvalue weighted by Gasteiger charge is -2.00. The Balaban J connectivity index is 1.74. The highest BCUT2D eigenvalue weighted by atomic mass is 32.2. The van der Waals surface area contributed by atoms with Gasteiger partial charge in [0, 0.05) is 28.2 Å². The molecule has 3 aromatic rings. The lowest BCUT2D eigenvalue weighted by Crippen LogP contribution is -2.12. The average Bonchev–Trinajstić information content (AvgIpc) is 3.10. The summed E-state index contributed by atoms with van der Waals surface area (Å²) >= 11 is 1.59. The van der Waals surface area contributed by atoms with Gasteiger partial charge in [-0.1, -0.05) is 11.2 Å². The van der Waals surface area contributed by atoms with Crippen molar-refractivity contribution in [2.45, 2.75) is 4.90 Å². The van der Waals surface area contributed by atoms with Gasteiger partial charge in [0.2, 0.25) is 5.89 Å². The third-order valence-electron chi connectivity index (χ3n) is 3.30. The lowest BCUT2D eigenvalue weighted by atomic mass is 10.2. The van der Waals surface area contributed by atoms with Gasteiger partial charge in [-0.3, -0.25) is 20.2 Å². The fourth-order valence-corrected chi connectivity index (χ4v) is 2.51. The third-order valence-corrected chi connectivity index (χ3v) is 4.03. The van der Waals surface area contributed by atoms with Gasteiger partial charge in [0.1, 0.15) is 0 Å². The van der Waals surface area contributed by atoms with Gasteiger partial charge in [0.15, 0.2) is 0 Å². The van der Waals surface area contributed by atoms with Crippen LogP contribution >= 0.6 is 11.8 Å². The quantitative estimate of drug-likeness (QED) is 0.422. The van der Waals surface area contributed by atoms with Crippen LogP contribution in [0.2, 0.25) is 0 Å². The van der Waals surface area contributed by atoms with Crippen LogP contribution in [0.15, 0.2) is 57.8 Å². The first kappa shape index (κ1) is 16.7. The van der Waals surface area contributed by atoms with Crippen molar-refractivity contribution in [2.24, 2.45) is 0 Å². The van der Waals surface area contributed by atoms with Gasteiger partial charge >= 0.3 is 6.01 Å². The molecule has 9 heteroatoms. The first-order valence-electron chi connectivity index (χ1n) is 7.10. The molecule has 0 radical (unpaired) electrons. The fraction of sp³-hybridized carbons (Fsp3) is 0.0625. The Bertz CT molecular complexity index is 924. The normalized spacial score (nSPS) is 10.4. The predicted molar refractivity (Wildman–Crippen MR) is 92.6 cm³/mol. The number of thioether (sulfide) groups is 1. The number of nitrogens with one attached hydrogen (secondary N) is 1. The smallest absolute Gasteiger partial charge is 0.322 e. The number of hydrogen-bond acceptors (Lipinski definition) is 7. The van der Waals surface area contributed by atoms with Crippen LogP contribution < -0.4 is 5.32 Å². The van der Waals surface area contributed by atoms with Crippen LogP contribution in [0.5, 0.6) is 0 Å². The van der Waals surface area contributed by atoms with Gasteiger partial charge < -0.3 is 4.42 Å². The fourth-order valence-electron chi connectivity index (χ4n) is 2.05. The Labute approximate surface area is 146 Å². The maximum atomic E-state index is 12.1. The van der Waals surface area contributed by atoms with Gasteiger partial charge in [0.05, 0.1) is 4.92 Å². The summed E-state index contributed by atoms with van der Waals surface area (Å²) in [5.41, 5.74) is 0.898. The lowest BCUT2D eigenvalue weighted by molar-refractivity contribution is -0.384. The molecule has 0 spiro atoms. The molecule has 0 saturated carbocycles. The molecule has 1 heterocycles. The monoisotopic (exact) mass is 356 g/mol. The number of anilines is 1. The van der Waals surface area contributed by atoms with E-state index >= 15 is 0 Å². The number of amides is 1. The van der Waals surface area contributed by atoms with Crippen LogP contribution in [-0.2, 0) is 0 Å². The molecule has 1 aromatic heterocycles. The second kappa shape index (κ2) is 7.14. The molecule has 0 aliphatic heterocycles. The molecule has 25 heavy (non-hydrogen) atoms. The summed E-state index contributed by atoms with van der Waals surface area (Å²) in [7, 11) is 0. The van der Waals surface area contributed by atoms with Crippen molar-refractivity contribution >= 4 is 29.4 Å². The highest BCUT2D eigenvalue weighted by Crippen LogP contribution is 2.24. The van der Waals surface area contributed by atoms with Crippen LogP contribution in [0, 0.1) is 10.1 Å². The van der Waals surface area contributed by atoms with E-state index in [0.717, 1.165) is 10.5 Å². The summed E-state index contributed by atoms with van der Waals surface area (Å²) in [5, 5.41) is 20.8. The van der Waals surface area contributed by atoms with E-state index in [1.54, 1.807) is 11.8 Å². The van der Waals surface area contributed by atoms with E-state index in [4.69, 9.17) is 4.42 Å². The number of benzene rings is 2. The molecule has 0 unspecified atom stereocenters. The second-order valence-electron chi connectivity index (χ2n) is 4.90. The van der Waals surface area contributed by atoms with Crippen molar-refractivity contribution in [1.29, 1.82) is 0 Å². The topological polar surface area (TPSA) is 111 Å². The molecular formula is C16H12N4O4S. The molecule has 2 aromatic carbocycles. The number of nitro groups is 1. The maximum absolute atomic E-state index is 12.1. The van der Waals surface area contributed by atoms with E-state index in [2.05, 4.69) is 15.5 Å². The Hall–Kier alpha value is -3.20. The van der Waals surface area contributed by atoms with Crippen LogP contribution in [0.3, 0.4) is 0 Å². The number of rotatable bonds is 5. The molecule has 1 amide bonds. The van der Waals surface area contributed by atoms with Gasteiger partial charge in [-0.25, -0.2) is 0 Å². The minimum absolute atomic E-state index is 0.0482. The third kappa shape index (κ3) is 3.83. The second-order valence-corrected chi connectivity index (χ2v) is 5.78. The van der Waals surface area contributed by atoms with Gasteiger partial charge in [-0.15, -0.1) is 16.9 Å². The molecule has 8 nitrogen and oxygen atoms in total. The van der Waals surface area contributed by atoms with E-state index in [1.165, 1.54) is 24.3 Å². The highest BCUT2D eigenvalue weighted by molar-refractivity contribution is 7.98. The number of nitro benzene ring substituents is 1. The predicted octanol–water partition coefficient (Wildman–Crippen LogP) is 3.62. The Morgan fingerprint density at radius 1 is 1.20 bits per heavy atom. The van der Waals surface area contributed by atoms with Gasteiger partial charge in [-0.2, -0.15) is 0 Å². The van der Waals surface area contributed by atoms with Gasteiger partial charge in [-0.05, 0) is 36.6 Å².